The Balaban J connectivity index is 2.38. The molecule has 0 saturated carbocycles. The van der Waals surface area contributed by atoms with Crippen molar-refractivity contribution in [2.24, 2.45) is 10.7 Å². The first kappa shape index (κ1) is 14.5. The molecule has 2 rings (SSSR count). The van der Waals surface area contributed by atoms with E-state index in [2.05, 4.69) is 10.3 Å². The normalized spacial score (nSPS) is 22.2. The molecule has 0 spiro atoms. The Morgan fingerprint density at radius 2 is 2.35 bits per heavy atom. The van der Waals surface area contributed by atoms with Crippen molar-refractivity contribution in [2.45, 2.75) is 25.8 Å². The number of nitrogens with two attached hydrogens (primary N) is 1. The molecule has 5 nitrogen and oxygen atoms in total. The van der Waals surface area contributed by atoms with Gasteiger partial charge < -0.3 is 15.8 Å². The van der Waals surface area contributed by atoms with E-state index in [9.17, 15) is 9.18 Å². The first-order valence-corrected chi connectivity index (χ1v) is 6.46. The number of halogens is 1. The molecule has 0 fully saturated rings. The standard InChI is InChI=1S/C14H18FN3O2/c1-3-13(19)17-9-4-5-11(15)10(6-9)14(2)8-20-7-12(16)18-14/h4-6H,3,7-8H2,1-2H3,(H2,16,18)(H,17,19). The van der Waals surface area contributed by atoms with Gasteiger partial charge >= 0.3 is 0 Å². The van der Waals surface area contributed by atoms with Gasteiger partial charge in [0.1, 0.15) is 23.8 Å². The molecule has 0 aliphatic carbocycles. The predicted octanol–water partition coefficient (Wildman–Crippen LogP) is 1.78. The van der Waals surface area contributed by atoms with E-state index in [1.165, 1.54) is 12.1 Å². The molecule has 0 radical (unpaired) electrons. The summed E-state index contributed by atoms with van der Waals surface area (Å²) in [6.07, 6.45) is 0.359. The van der Waals surface area contributed by atoms with Crippen LogP contribution in [0.3, 0.4) is 0 Å². The van der Waals surface area contributed by atoms with E-state index in [1.54, 1.807) is 19.9 Å². The number of ether oxygens (including phenoxy) is 1. The minimum absolute atomic E-state index is 0.129. The molecule has 0 aromatic heterocycles. The summed E-state index contributed by atoms with van der Waals surface area (Å²) < 4.78 is 19.4. The summed E-state index contributed by atoms with van der Waals surface area (Å²) in [7, 11) is 0. The fourth-order valence-electron chi connectivity index (χ4n) is 2.14. The van der Waals surface area contributed by atoms with Crippen LogP contribution in [0, 0.1) is 5.82 Å². The number of hydrogen-bond acceptors (Lipinski definition) is 4. The largest absolute Gasteiger partial charge is 0.386 e. The van der Waals surface area contributed by atoms with E-state index < -0.39 is 11.4 Å². The van der Waals surface area contributed by atoms with Crippen molar-refractivity contribution >= 4 is 17.4 Å². The monoisotopic (exact) mass is 279 g/mol. The molecule has 1 aliphatic heterocycles. The summed E-state index contributed by atoms with van der Waals surface area (Å²) in [6, 6.07) is 4.41. The summed E-state index contributed by atoms with van der Waals surface area (Å²) in [6.45, 7) is 4.00. The van der Waals surface area contributed by atoms with Crippen LogP contribution < -0.4 is 11.1 Å². The summed E-state index contributed by atoms with van der Waals surface area (Å²) >= 11 is 0. The quantitative estimate of drug-likeness (QED) is 0.885. The number of benzene rings is 1. The first-order chi connectivity index (χ1) is 9.44. The van der Waals surface area contributed by atoms with E-state index in [4.69, 9.17) is 10.5 Å². The lowest BCUT2D eigenvalue weighted by molar-refractivity contribution is -0.115. The van der Waals surface area contributed by atoms with E-state index in [0.29, 0.717) is 23.5 Å². The summed E-state index contributed by atoms with van der Waals surface area (Å²) in [4.78, 5) is 15.7. The third kappa shape index (κ3) is 2.96. The van der Waals surface area contributed by atoms with Crippen molar-refractivity contribution in [3.8, 4) is 0 Å². The Bertz CT molecular complexity index is 559. The van der Waals surface area contributed by atoms with Crippen molar-refractivity contribution in [2.75, 3.05) is 18.5 Å². The van der Waals surface area contributed by atoms with Gasteiger partial charge in [-0.1, -0.05) is 6.92 Å². The molecule has 1 unspecified atom stereocenters. The zero-order chi connectivity index (χ0) is 14.8. The highest BCUT2D eigenvalue weighted by Gasteiger charge is 2.32. The Morgan fingerprint density at radius 3 is 3.00 bits per heavy atom. The van der Waals surface area contributed by atoms with Crippen LogP contribution in [0.4, 0.5) is 10.1 Å². The van der Waals surface area contributed by atoms with Crippen LogP contribution in [0.15, 0.2) is 23.2 Å². The number of hydrogen-bond donors (Lipinski definition) is 2. The molecular weight excluding hydrogens is 261 g/mol. The van der Waals surface area contributed by atoms with Gasteiger partial charge in [-0.05, 0) is 25.1 Å². The Kier molecular flexibility index (Phi) is 4.04. The zero-order valence-electron chi connectivity index (χ0n) is 11.6. The minimum atomic E-state index is -0.876. The van der Waals surface area contributed by atoms with Crippen molar-refractivity contribution in [3.63, 3.8) is 0 Å². The lowest BCUT2D eigenvalue weighted by Gasteiger charge is -2.30. The number of amides is 1. The van der Waals surface area contributed by atoms with E-state index in [1.807, 2.05) is 0 Å². The van der Waals surface area contributed by atoms with Gasteiger partial charge in [0.15, 0.2) is 0 Å². The molecule has 1 amide bonds. The maximum absolute atomic E-state index is 14.1. The van der Waals surface area contributed by atoms with Crippen molar-refractivity contribution < 1.29 is 13.9 Å². The highest BCUT2D eigenvalue weighted by atomic mass is 19.1. The molecule has 1 aromatic carbocycles. The topological polar surface area (TPSA) is 76.7 Å². The van der Waals surface area contributed by atoms with Crippen molar-refractivity contribution in [1.29, 1.82) is 0 Å². The molecule has 1 heterocycles. The fourth-order valence-corrected chi connectivity index (χ4v) is 2.14. The zero-order valence-corrected chi connectivity index (χ0v) is 11.6. The molecule has 1 atom stereocenters. The number of carbonyl (C=O) groups excluding carboxylic acids is 1. The van der Waals surface area contributed by atoms with Crippen LogP contribution in [0.5, 0.6) is 0 Å². The SMILES string of the molecule is CCC(=O)Nc1ccc(F)c(C2(C)COCC(N)=N2)c1. The lowest BCUT2D eigenvalue weighted by Crippen LogP contribution is -2.38. The van der Waals surface area contributed by atoms with E-state index in [-0.39, 0.29) is 19.1 Å². The first-order valence-electron chi connectivity index (χ1n) is 6.46. The summed E-state index contributed by atoms with van der Waals surface area (Å²) in [5.41, 5.74) is 5.69. The van der Waals surface area contributed by atoms with E-state index >= 15 is 0 Å². The second-order valence-electron chi connectivity index (χ2n) is 4.97. The number of carbonyl (C=O) groups is 1. The molecule has 20 heavy (non-hydrogen) atoms. The van der Waals surface area contributed by atoms with Gasteiger partial charge in [0.25, 0.3) is 0 Å². The average molecular weight is 279 g/mol. The molecule has 0 bridgehead atoms. The lowest BCUT2D eigenvalue weighted by atomic mass is 9.92. The number of aliphatic imine (C=N–C) groups is 1. The predicted molar refractivity (Wildman–Crippen MR) is 75.1 cm³/mol. The van der Waals surface area contributed by atoms with Crippen molar-refractivity contribution in [3.05, 3.63) is 29.6 Å². The molecule has 0 saturated heterocycles. The number of nitrogens with one attached hydrogen (secondary N) is 1. The number of anilines is 1. The third-order valence-corrected chi connectivity index (χ3v) is 3.17. The Labute approximate surface area is 117 Å². The number of nitrogens with zero attached hydrogens (tertiary/aromatic N) is 1. The number of rotatable bonds is 3. The fraction of sp³-hybridized carbons (Fsp3) is 0.429. The average Bonchev–Trinajstić information content (AvgIpc) is 2.40. The molecule has 1 aliphatic rings. The van der Waals surface area contributed by atoms with Gasteiger partial charge in [-0.3, -0.25) is 9.79 Å². The van der Waals surface area contributed by atoms with Crippen LogP contribution in [0.2, 0.25) is 0 Å². The summed E-state index contributed by atoms with van der Waals surface area (Å²) in [5, 5.41) is 2.70. The Morgan fingerprint density at radius 1 is 1.60 bits per heavy atom. The number of amidine groups is 1. The van der Waals surface area contributed by atoms with Gasteiger partial charge in [-0.15, -0.1) is 0 Å². The van der Waals surface area contributed by atoms with Gasteiger partial charge in [-0.25, -0.2) is 4.39 Å². The van der Waals surface area contributed by atoms with Crippen molar-refractivity contribution in [1.82, 2.24) is 0 Å². The van der Waals surface area contributed by atoms with Gasteiger partial charge in [0.05, 0.1) is 6.61 Å². The molecule has 3 N–H and O–H groups in total. The second-order valence-corrected chi connectivity index (χ2v) is 4.97. The van der Waals surface area contributed by atoms with E-state index in [0.717, 1.165) is 0 Å². The third-order valence-electron chi connectivity index (χ3n) is 3.17. The van der Waals surface area contributed by atoms with Crippen LogP contribution in [0.1, 0.15) is 25.8 Å². The molecule has 1 aromatic rings. The maximum atomic E-state index is 14.1. The van der Waals surface area contributed by atoms with Gasteiger partial charge in [0, 0.05) is 17.7 Å². The van der Waals surface area contributed by atoms with Crippen LogP contribution in [-0.2, 0) is 15.1 Å². The highest BCUT2D eigenvalue weighted by molar-refractivity contribution is 5.90. The highest BCUT2D eigenvalue weighted by Crippen LogP contribution is 2.32. The minimum Gasteiger partial charge on any atom is -0.386 e. The summed E-state index contributed by atoms with van der Waals surface area (Å²) in [5.74, 6) is -0.194. The maximum Gasteiger partial charge on any atom is 0.224 e. The van der Waals surface area contributed by atoms with Gasteiger partial charge in [-0.2, -0.15) is 0 Å². The van der Waals surface area contributed by atoms with Crippen LogP contribution >= 0.6 is 0 Å². The van der Waals surface area contributed by atoms with Crippen LogP contribution in [-0.4, -0.2) is 25.0 Å². The van der Waals surface area contributed by atoms with Gasteiger partial charge in [0.2, 0.25) is 5.91 Å². The van der Waals surface area contributed by atoms with Crippen LogP contribution in [0.25, 0.3) is 0 Å². The molecular formula is C14H18FN3O2. The molecule has 6 heteroatoms. The molecule has 108 valence electrons. The smallest absolute Gasteiger partial charge is 0.224 e. The Hall–Kier alpha value is -1.95. The second kappa shape index (κ2) is 5.58.